The van der Waals surface area contributed by atoms with E-state index in [2.05, 4.69) is 231 Å². The number of nitrogens with zero attached hydrogens (tertiary/aromatic N) is 1. The van der Waals surface area contributed by atoms with Gasteiger partial charge >= 0.3 is 0 Å². The van der Waals surface area contributed by atoms with E-state index in [1.165, 1.54) is 77.5 Å². The first-order valence-corrected chi connectivity index (χ1v) is 19.5. The van der Waals surface area contributed by atoms with Gasteiger partial charge in [-0.2, -0.15) is 0 Å². The zero-order valence-electron chi connectivity index (χ0n) is 31.7. The Hall–Kier alpha value is -6.96. The van der Waals surface area contributed by atoms with Gasteiger partial charge in [0.05, 0.1) is 5.69 Å². The van der Waals surface area contributed by atoms with Crippen molar-refractivity contribution in [2.45, 2.75) is 19.3 Å². The van der Waals surface area contributed by atoms with Gasteiger partial charge in [-0.15, -0.1) is 0 Å². The largest absolute Gasteiger partial charge is 0.310 e. The zero-order chi connectivity index (χ0) is 37.6. The first-order chi connectivity index (χ1) is 27.5. The quantitative estimate of drug-likeness (QED) is 0.159. The van der Waals surface area contributed by atoms with E-state index in [1.807, 2.05) is 0 Å². The van der Waals surface area contributed by atoms with Crippen LogP contribution in [0.5, 0.6) is 0 Å². The summed E-state index contributed by atoms with van der Waals surface area (Å²) in [6.45, 7) is 4.73. The van der Waals surface area contributed by atoms with E-state index in [0.717, 1.165) is 17.1 Å². The Kier molecular flexibility index (Phi) is 8.23. The van der Waals surface area contributed by atoms with Crippen molar-refractivity contribution in [1.29, 1.82) is 0 Å². The van der Waals surface area contributed by atoms with Gasteiger partial charge < -0.3 is 4.90 Å². The first kappa shape index (κ1) is 33.6. The number of hydrogen-bond acceptors (Lipinski definition) is 1. The maximum atomic E-state index is 2.48. The van der Waals surface area contributed by atoms with Gasteiger partial charge in [-0.25, -0.2) is 0 Å². The van der Waals surface area contributed by atoms with E-state index >= 15 is 0 Å². The van der Waals surface area contributed by atoms with Crippen LogP contribution in [-0.2, 0) is 5.41 Å². The molecular weight excluding hydrogens is 675 g/mol. The molecule has 0 saturated carbocycles. The molecule has 1 nitrogen and oxygen atoms in total. The van der Waals surface area contributed by atoms with Gasteiger partial charge in [-0.05, 0) is 108 Å². The Morgan fingerprint density at radius 3 is 1.64 bits per heavy atom. The van der Waals surface area contributed by atoms with Crippen molar-refractivity contribution in [3.05, 3.63) is 223 Å². The predicted octanol–water partition coefficient (Wildman–Crippen LogP) is 15.3. The van der Waals surface area contributed by atoms with Crippen LogP contribution in [0, 0.1) is 0 Å². The van der Waals surface area contributed by atoms with Crippen molar-refractivity contribution in [2.24, 2.45) is 0 Å². The molecule has 1 aliphatic rings. The highest BCUT2D eigenvalue weighted by Gasteiger charge is 2.36. The summed E-state index contributed by atoms with van der Waals surface area (Å²) in [5, 5.41) is 2.48. The third kappa shape index (κ3) is 5.72. The van der Waals surface area contributed by atoms with Crippen molar-refractivity contribution in [3.8, 4) is 55.6 Å². The summed E-state index contributed by atoms with van der Waals surface area (Å²) in [7, 11) is 0. The molecular formula is C55H41N. The molecule has 0 amide bonds. The summed E-state index contributed by atoms with van der Waals surface area (Å²) in [6, 6.07) is 77.8. The maximum absolute atomic E-state index is 2.48. The highest BCUT2D eigenvalue weighted by Crippen LogP contribution is 2.52. The Morgan fingerprint density at radius 1 is 0.321 bits per heavy atom. The number of anilines is 3. The van der Waals surface area contributed by atoms with E-state index in [9.17, 15) is 0 Å². The number of fused-ring (bicyclic) bond motifs is 4. The highest BCUT2D eigenvalue weighted by molar-refractivity contribution is 6.02. The minimum absolute atomic E-state index is 0.137. The molecule has 0 N–H and O–H groups in total. The minimum atomic E-state index is -0.137. The zero-order valence-corrected chi connectivity index (χ0v) is 31.7. The van der Waals surface area contributed by atoms with E-state index in [0.29, 0.717) is 0 Å². The molecule has 1 heteroatoms. The molecule has 0 aromatic heterocycles. The van der Waals surface area contributed by atoms with Crippen LogP contribution in [0.1, 0.15) is 25.0 Å². The van der Waals surface area contributed by atoms with E-state index in [4.69, 9.17) is 0 Å². The Balaban J connectivity index is 1.24. The normalized spacial score (nSPS) is 12.6. The van der Waals surface area contributed by atoms with Crippen LogP contribution in [0.4, 0.5) is 17.1 Å². The molecule has 10 rings (SSSR count). The lowest BCUT2D eigenvalue weighted by Gasteiger charge is -2.31. The van der Waals surface area contributed by atoms with Gasteiger partial charge in [0.15, 0.2) is 0 Å². The Morgan fingerprint density at radius 2 is 0.875 bits per heavy atom. The first-order valence-electron chi connectivity index (χ1n) is 19.5. The molecule has 0 bridgehead atoms. The third-order valence-electron chi connectivity index (χ3n) is 11.7. The lowest BCUT2D eigenvalue weighted by molar-refractivity contribution is 0.660. The van der Waals surface area contributed by atoms with Crippen molar-refractivity contribution in [2.75, 3.05) is 4.90 Å². The summed E-state index contributed by atoms with van der Waals surface area (Å²) < 4.78 is 0. The summed E-state index contributed by atoms with van der Waals surface area (Å²) in [6.07, 6.45) is 0. The molecule has 0 unspecified atom stereocenters. The number of hydrogen-bond donors (Lipinski definition) is 0. The van der Waals surface area contributed by atoms with Crippen LogP contribution in [-0.4, -0.2) is 0 Å². The fraction of sp³-hybridized carbons (Fsp3) is 0.0545. The monoisotopic (exact) mass is 715 g/mol. The average Bonchev–Trinajstić information content (AvgIpc) is 3.49. The lowest BCUT2D eigenvalue weighted by Crippen LogP contribution is -2.17. The molecule has 0 heterocycles. The molecule has 0 aliphatic heterocycles. The number of rotatable bonds is 7. The molecule has 9 aromatic carbocycles. The Bertz CT molecular complexity index is 2870. The second-order valence-electron chi connectivity index (χ2n) is 15.3. The van der Waals surface area contributed by atoms with Crippen molar-refractivity contribution in [3.63, 3.8) is 0 Å². The van der Waals surface area contributed by atoms with Crippen LogP contribution in [0.25, 0.3) is 66.4 Å². The minimum Gasteiger partial charge on any atom is -0.310 e. The second-order valence-corrected chi connectivity index (χ2v) is 15.3. The summed E-state index contributed by atoms with van der Waals surface area (Å²) >= 11 is 0. The van der Waals surface area contributed by atoms with Crippen LogP contribution < -0.4 is 4.90 Å². The standard InChI is InChI=1S/C55H41N/c1-55(2)51-26-14-13-23-48(51)49-35-34-45(37-52(49)55)56(44-32-30-40(31-33-44)38-16-5-3-6-17-38)53-27-15-25-47(41-19-7-4-8-20-41)54(53)50-24-12-11-22-46(50)43-29-28-39-18-9-10-21-42(39)36-43/h3-37H,1-2H3. The van der Waals surface area contributed by atoms with Gasteiger partial charge in [0.25, 0.3) is 0 Å². The topological polar surface area (TPSA) is 3.24 Å². The summed E-state index contributed by atoms with van der Waals surface area (Å²) in [5.74, 6) is 0. The van der Waals surface area contributed by atoms with Crippen molar-refractivity contribution >= 4 is 27.8 Å². The molecule has 0 radical (unpaired) electrons. The van der Waals surface area contributed by atoms with E-state index in [1.54, 1.807) is 0 Å². The lowest BCUT2D eigenvalue weighted by atomic mass is 9.82. The van der Waals surface area contributed by atoms with Crippen LogP contribution in [0.2, 0.25) is 0 Å². The van der Waals surface area contributed by atoms with Gasteiger partial charge in [0.2, 0.25) is 0 Å². The van der Waals surface area contributed by atoms with Crippen molar-refractivity contribution in [1.82, 2.24) is 0 Å². The van der Waals surface area contributed by atoms with E-state index < -0.39 is 0 Å². The molecule has 266 valence electrons. The fourth-order valence-corrected chi connectivity index (χ4v) is 8.87. The molecule has 56 heavy (non-hydrogen) atoms. The molecule has 0 atom stereocenters. The number of benzene rings is 9. The molecule has 9 aromatic rings. The van der Waals surface area contributed by atoms with Crippen LogP contribution in [0.15, 0.2) is 212 Å². The average molecular weight is 716 g/mol. The second kappa shape index (κ2) is 13.7. The smallest absolute Gasteiger partial charge is 0.0546 e. The summed E-state index contributed by atoms with van der Waals surface area (Å²) in [5.41, 5.74) is 18.1. The Labute approximate surface area is 329 Å². The van der Waals surface area contributed by atoms with Gasteiger partial charge in [-0.3, -0.25) is 0 Å². The third-order valence-corrected chi connectivity index (χ3v) is 11.7. The molecule has 1 aliphatic carbocycles. The van der Waals surface area contributed by atoms with Gasteiger partial charge in [0, 0.05) is 22.4 Å². The molecule has 0 spiro atoms. The maximum Gasteiger partial charge on any atom is 0.0546 e. The summed E-state index contributed by atoms with van der Waals surface area (Å²) in [4.78, 5) is 2.48. The highest BCUT2D eigenvalue weighted by atomic mass is 15.1. The SMILES string of the molecule is CC1(C)c2ccccc2-c2ccc(N(c3ccc(-c4ccccc4)cc3)c3cccc(-c4ccccc4)c3-c3ccccc3-c3ccc4ccccc4c3)cc21. The predicted molar refractivity (Wildman–Crippen MR) is 238 cm³/mol. The van der Waals surface area contributed by atoms with Crippen molar-refractivity contribution < 1.29 is 0 Å². The molecule has 0 saturated heterocycles. The van der Waals surface area contributed by atoms with Crippen LogP contribution >= 0.6 is 0 Å². The van der Waals surface area contributed by atoms with Crippen LogP contribution in [0.3, 0.4) is 0 Å². The molecule has 0 fully saturated rings. The van der Waals surface area contributed by atoms with E-state index in [-0.39, 0.29) is 5.41 Å². The fourth-order valence-electron chi connectivity index (χ4n) is 8.87. The van der Waals surface area contributed by atoms with Gasteiger partial charge in [0.1, 0.15) is 0 Å². The van der Waals surface area contributed by atoms with Gasteiger partial charge in [-0.1, -0.05) is 190 Å².